The molecule has 0 saturated carbocycles. The van der Waals surface area contributed by atoms with Gasteiger partial charge in [0, 0.05) is 14.1 Å². The normalized spacial score (nSPS) is 11.2. The lowest BCUT2D eigenvalue weighted by Gasteiger charge is -2.22. The molecule has 27 heavy (non-hydrogen) atoms. The molecule has 2 rings (SSSR count). The van der Waals surface area contributed by atoms with E-state index in [0.29, 0.717) is 5.56 Å². The number of nitrogens with zero attached hydrogens (tertiary/aromatic N) is 1. The van der Waals surface area contributed by atoms with Crippen LogP contribution in [-0.4, -0.2) is 43.4 Å². The number of carbonyl (C=O) groups excluding carboxylic acids is 3. The fourth-order valence-corrected chi connectivity index (χ4v) is 2.33. The average Bonchev–Trinajstić information content (AvgIpc) is 2.69. The van der Waals surface area contributed by atoms with Crippen molar-refractivity contribution >= 4 is 17.9 Å². The van der Waals surface area contributed by atoms with E-state index in [1.807, 2.05) is 36.4 Å². The van der Waals surface area contributed by atoms with E-state index in [-0.39, 0.29) is 19.1 Å². The van der Waals surface area contributed by atoms with Crippen LogP contribution >= 0.6 is 0 Å². The molecular formula is C20H23N3O4. The molecule has 7 heteroatoms. The van der Waals surface area contributed by atoms with Crippen molar-refractivity contribution in [3.05, 3.63) is 71.8 Å². The number of rotatable bonds is 7. The first kappa shape index (κ1) is 20.0. The van der Waals surface area contributed by atoms with Crippen molar-refractivity contribution in [3.63, 3.8) is 0 Å². The van der Waals surface area contributed by atoms with E-state index in [1.165, 1.54) is 4.90 Å². The fourth-order valence-electron chi connectivity index (χ4n) is 2.33. The SMILES string of the molecule is CN(C)C(=O)C(NC(=O)CNC(=O)OCc1ccccc1)c1ccccc1. The maximum absolute atomic E-state index is 12.4. The molecule has 0 radical (unpaired) electrons. The van der Waals surface area contributed by atoms with E-state index in [1.54, 1.807) is 38.4 Å². The van der Waals surface area contributed by atoms with Gasteiger partial charge < -0.3 is 20.3 Å². The third-order valence-electron chi connectivity index (χ3n) is 3.73. The van der Waals surface area contributed by atoms with Crippen LogP contribution in [0.2, 0.25) is 0 Å². The third kappa shape index (κ3) is 6.47. The van der Waals surface area contributed by atoms with E-state index >= 15 is 0 Å². The van der Waals surface area contributed by atoms with Crippen LogP contribution < -0.4 is 10.6 Å². The molecule has 0 fully saturated rings. The van der Waals surface area contributed by atoms with Gasteiger partial charge in [-0.3, -0.25) is 9.59 Å². The number of carbonyl (C=O) groups is 3. The van der Waals surface area contributed by atoms with Crippen LogP contribution in [0.25, 0.3) is 0 Å². The van der Waals surface area contributed by atoms with Crippen molar-refractivity contribution in [1.29, 1.82) is 0 Å². The molecule has 0 saturated heterocycles. The number of nitrogens with one attached hydrogen (secondary N) is 2. The van der Waals surface area contributed by atoms with Crippen molar-refractivity contribution in [1.82, 2.24) is 15.5 Å². The molecule has 1 atom stereocenters. The summed E-state index contributed by atoms with van der Waals surface area (Å²) in [7, 11) is 3.23. The van der Waals surface area contributed by atoms with Gasteiger partial charge in [-0.05, 0) is 11.1 Å². The molecule has 0 heterocycles. The van der Waals surface area contributed by atoms with Crippen molar-refractivity contribution < 1.29 is 19.1 Å². The molecule has 3 amide bonds. The van der Waals surface area contributed by atoms with Crippen LogP contribution in [0.5, 0.6) is 0 Å². The van der Waals surface area contributed by atoms with E-state index in [4.69, 9.17) is 4.74 Å². The highest BCUT2D eigenvalue weighted by atomic mass is 16.5. The smallest absolute Gasteiger partial charge is 0.407 e. The predicted molar refractivity (Wildman–Crippen MR) is 101 cm³/mol. The van der Waals surface area contributed by atoms with E-state index in [0.717, 1.165) is 5.56 Å². The third-order valence-corrected chi connectivity index (χ3v) is 3.73. The molecule has 0 bridgehead atoms. The summed E-state index contributed by atoms with van der Waals surface area (Å²) in [6.07, 6.45) is -0.704. The summed E-state index contributed by atoms with van der Waals surface area (Å²) in [5.41, 5.74) is 1.51. The van der Waals surface area contributed by atoms with Gasteiger partial charge in [0.1, 0.15) is 19.2 Å². The van der Waals surface area contributed by atoms with Gasteiger partial charge >= 0.3 is 6.09 Å². The Morgan fingerprint density at radius 1 is 0.963 bits per heavy atom. The Kier molecular flexibility index (Phi) is 7.37. The Hall–Kier alpha value is -3.35. The lowest BCUT2D eigenvalue weighted by Crippen LogP contribution is -2.44. The number of hydrogen-bond donors (Lipinski definition) is 2. The molecule has 0 spiro atoms. The van der Waals surface area contributed by atoms with Crippen LogP contribution in [0.4, 0.5) is 4.79 Å². The Balaban J connectivity index is 1.86. The highest BCUT2D eigenvalue weighted by Crippen LogP contribution is 2.14. The number of amides is 3. The van der Waals surface area contributed by atoms with E-state index in [2.05, 4.69) is 10.6 Å². The lowest BCUT2D eigenvalue weighted by atomic mass is 10.1. The number of alkyl carbamates (subject to hydrolysis) is 1. The largest absolute Gasteiger partial charge is 0.445 e. The molecule has 1 unspecified atom stereocenters. The second kappa shape index (κ2) is 9.96. The van der Waals surface area contributed by atoms with Gasteiger partial charge in [-0.15, -0.1) is 0 Å². The van der Waals surface area contributed by atoms with Gasteiger partial charge in [-0.25, -0.2) is 4.79 Å². The Bertz CT molecular complexity index is 763. The Labute approximate surface area is 158 Å². The topological polar surface area (TPSA) is 87.7 Å². The molecule has 142 valence electrons. The minimum absolute atomic E-state index is 0.111. The van der Waals surface area contributed by atoms with Crippen molar-refractivity contribution in [3.8, 4) is 0 Å². The number of likely N-dealkylation sites (N-methyl/N-ethyl adjacent to an activating group) is 1. The molecule has 7 nitrogen and oxygen atoms in total. The summed E-state index contributed by atoms with van der Waals surface area (Å²) < 4.78 is 5.05. The van der Waals surface area contributed by atoms with Gasteiger partial charge in [0.2, 0.25) is 11.8 Å². The highest BCUT2D eigenvalue weighted by molar-refractivity contribution is 5.90. The van der Waals surface area contributed by atoms with Crippen LogP contribution in [0.15, 0.2) is 60.7 Å². The molecule has 2 aromatic rings. The van der Waals surface area contributed by atoms with E-state index in [9.17, 15) is 14.4 Å². The summed E-state index contributed by atoms with van der Waals surface area (Å²) in [6, 6.07) is 17.3. The van der Waals surface area contributed by atoms with Gasteiger partial charge in [0.15, 0.2) is 0 Å². The average molecular weight is 369 g/mol. The van der Waals surface area contributed by atoms with Gasteiger partial charge in [0.25, 0.3) is 0 Å². The minimum Gasteiger partial charge on any atom is -0.445 e. The summed E-state index contributed by atoms with van der Waals surface area (Å²) in [5, 5.41) is 5.02. The summed E-state index contributed by atoms with van der Waals surface area (Å²) in [6.45, 7) is -0.183. The standard InChI is InChI=1S/C20H23N3O4/c1-23(2)19(25)18(16-11-7-4-8-12-16)22-17(24)13-21-20(26)27-14-15-9-5-3-6-10-15/h3-12,18H,13-14H2,1-2H3,(H,21,26)(H,22,24). The second-order valence-corrected chi connectivity index (χ2v) is 6.06. The second-order valence-electron chi connectivity index (χ2n) is 6.06. The first-order chi connectivity index (χ1) is 13.0. The molecule has 0 aliphatic heterocycles. The Morgan fingerprint density at radius 2 is 1.56 bits per heavy atom. The van der Waals surface area contributed by atoms with Crippen LogP contribution in [0.3, 0.4) is 0 Å². The molecule has 2 N–H and O–H groups in total. The molecular weight excluding hydrogens is 346 g/mol. The van der Waals surface area contributed by atoms with Crippen LogP contribution in [-0.2, 0) is 20.9 Å². The fraction of sp³-hybridized carbons (Fsp3) is 0.250. The number of benzene rings is 2. The summed E-state index contributed by atoms with van der Waals surface area (Å²) >= 11 is 0. The zero-order valence-electron chi connectivity index (χ0n) is 15.3. The molecule has 2 aromatic carbocycles. The number of ether oxygens (including phenoxy) is 1. The van der Waals surface area contributed by atoms with Gasteiger partial charge in [-0.2, -0.15) is 0 Å². The summed E-state index contributed by atoms with van der Waals surface area (Å²) in [4.78, 5) is 37.7. The predicted octanol–water partition coefficient (Wildman–Crippen LogP) is 1.86. The van der Waals surface area contributed by atoms with Crippen molar-refractivity contribution in [2.75, 3.05) is 20.6 Å². The maximum atomic E-state index is 12.4. The van der Waals surface area contributed by atoms with Gasteiger partial charge in [0.05, 0.1) is 0 Å². The zero-order chi connectivity index (χ0) is 19.6. The zero-order valence-corrected chi connectivity index (χ0v) is 15.3. The van der Waals surface area contributed by atoms with Crippen LogP contribution in [0.1, 0.15) is 17.2 Å². The first-order valence-electron chi connectivity index (χ1n) is 8.47. The minimum atomic E-state index is -0.823. The highest BCUT2D eigenvalue weighted by Gasteiger charge is 2.24. The van der Waals surface area contributed by atoms with Crippen LogP contribution in [0, 0.1) is 0 Å². The quantitative estimate of drug-likeness (QED) is 0.780. The van der Waals surface area contributed by atoms with Gasteiger partial charge in [-0.1, -0.05) is 60.7 Å². The lowest BCUT2D eigenvalue weighted by molar-refractivity contribution is -0.134. The molecule has 0 aromatic heterocycles. The molecule has 0 aliphatic rings. The maximum Gasteiger partial charge on any atom is 0.407 e. The van der Waals surface area contributed by atoms with E-state index < -0.39 is 18.0 Å². The Morgan fingerprint density at radius 3 is 2.15 bits per heavy atom. The summed E-state index contributed by atoms with van der Waals surface area (Å²) in [5.74, 6) is -0.753. The number of hydrogen-bond acceptors (Lipinski definition) is 4. The molecule has 0 aliphatic carbocycles. The van der Waals surface area contributed by atoms with Crippen molar-refractivity contribution in [2.24, 2.45) is 0 Å². The first-order valence-corrected chi connectivity index (χ1v) is 8.47. The van der Waals surface area contributed by atoms with Crippen molar-refractivity contribution in [2.45, 2.75) is 12.6 Å². The monoisotopic (exact) mass is 369 g/mol.